The number of alkyl halides is 2. The smallest absolute Gasteiger partial charge is 0.264 e. The molecule has 4 N–H and O–H groups in total. The Morgan fingerprint density at radius 1 is 1.41 bits per heavy atom. The number of nitrogens with zero attached hydrogens (tertiary/aromatic N) is 2. The van der Waals surface area contributed by atoms with Gasteiger partial charge in [0.25, 0.3) is 6.43 Å². The lowest BCUT2D eigenvalue weighted by molar-refractivity contribution is 0.150. The van der Waals surface area contributed by atoms with Gasteiger partial charge in [-0.3, -0.25) is 5.01 Å². The number of amides is 2. The molecule has 1 rings (SSSR count). The molecule has 0 unspecified atom stereocenters. The zero-order valence-electron chi connectivity index (χ0n) is 8.90. The summed E-state index contributed by atoms with van der Waals surface area (Å²) in [6.07, 6.45) is -2.62. The van der Waals surface area contributed by atoms with Crippen molar-refractivity contribution >= 4 is 34.3 Å². The van der Waals surface area contributed by atoms with Crippen LogP contribution in [-0.4, -0.2) is 18.1 Å². The molecule has 0 aromatic heterocycles. The predicted octanol–water partition coefficient (Wildman–Crippen LogP) is 1.83. The molecule has 0 aliphatic heterocycles. The second-order valence-electron chi connectivity index (χ2n) is 3.24. The van der Waals surface area contributed by atoms with Crippen molar-refractivity contribution < 1.29 is 13.6 Å². The fraction of sp³-hybridized carbons (Fsp3) is 0.222. The number of hydrogen-bond donors (Lipinski definition) is 2. The van der Waals surface area contributed by atoms with Crippen LogP contribution >= 0.6 is 22.6 Å². The first kappa shape index (κ1) is 14.1. The second-order valence-corrected chi connectivity index (χ2v) is 4.32. The van der Waals surface area contributed by atoms with E-state index in [1.54, 1.807) is 22.6 Å². The van der Waals surface area contributed by atoms with Crippen molar-refractivity contribution in [1.82, 2.24) is 5.01 Å². The number of urea groups is 1. The van der Waals surface area contributed by atoms with E-state index in [2.05, 4.69) is 0 Å². The van der Waals surface area contributed by atoms with Gasteiger partial charge in [0.1, 0.15) is 0 Å². The summed E-state index contributed by atoms with van der Waals surface area (Å²) in [5, 5.41) is 1.50. The number of halogens is 3. The minimum absolute atomic E-state index is 0.175. The molecule has 0 spiro atoms. The van der Waals surface area contributed by atoms with Crippen molar-refractivity contribution in [3.8, 4) is 0 Å². The number of benzene rings is 1. The van der Waals surface area contributed by atoms with Gasteiger partial charge in [-0.1, -0.05) is 12.1 Å². The van der Waals surface area contributed by atoms with Crippen LogP contribution in [0, 0.1) is 3.57 Å². The molecule has 0 fully saturated rings. The van der Waals surface area contributed by atoms with E-state index in [4.69, 9.17) is 11.7 Å². The van der Waals surface area contributed by atoms with Gasteiger partial charge in [0.05, 0.1) is 5.69 Å². The SMILES string of the molecule is CN(N)C(=O)N(N)c1cccc(C(F)F)c1I. The zero-order valence-corrected chi connectivity index (χ0v) is 11.1. The van der Waals surface area contributed by atoms with Crippen molar-refractivity contribution in [3.05, 3.63) is 27.3 Å². The summed E-state index contributed by atoms with van der Waals surface area (Å²) in [6.45, 7) is 0. The molecule has 94 valence electrons. The van der Waals surface area contributed by atoms with Gasteiger partial charge in [-0.2, -0.15) is 0 Å². The largest absolute Gasteiger partial charge is 0.352 e. The number of carbonyl (C=O) groups is 1. The molecular formula is C9H11F2IN4O. The van der Waals surface area contributed by atoms with Gasteiger partial charge >= 0.3 is 6.03 Å². The van der Waals surface area contributed by atoms with Crippen LogP contribution < -0.4 is 16.7 Å². The molecule has 0 radical (unpaired) electrons. The van der Waals surface area contributed by atoms with E-state index in [1.165, 1.54) is 25.2 Å². The third-order valence-corrected chi connectivity index (χ3v) is 3.19. The summed E-state index contributed by atoms with van der Waals surface area (Å²) in [6, 6.07) is 3.45. The number of nitrogens with two attached hydrogens (primary N) is 2. The van der Waals surface area contributed by atoms with Crippen LogP contribution in [0.25, 0.3) is 0 Å². The molecule has 0 saturated carbocycles. The number of anilines is 1. The second kappa shape index (κ2) is 5.56. The van der Waals surface area contributed by atoms with Crippen LogP contribution in [0.2, 0.25) is 0 Å². The van der Waals surface area contributed by atoms with Crippen LogP contribution in [0.4, 0.5) is 19.3 Å². The highest BCUT2D eigenvalue weighted by Gasteiger charge is 2.21. The summed E-state index contributed by atoms with van der Waals surface area (Å²) in [5.41, 5.74) is 0.0109. The molecular weight excluding hydrogens is 345 g/mol. The third kappa shape index (κ3) is 3.01. The van der Waals surface area contributed by atoms with Crippen molar-refractivity contribution in [2.45, 2.75) is 6.43 Å². The maximum absolute atomic E-state index is 12.6. The summed E-state index contributed by atoms with van der Waals surface area (Å²) >= 11 is 1.71. The summed E-state index contributed by atoms with van der Waals surface area (Å²) in [4.78, 5) is 11.5. The Bertz CT molecular complexity index is 427. The standard InChI is InChI=1S/C9H11F2IN4O/c1-15(13)9(17)16(14)6-4-2-3-5(7(6)12)8(10)11/h2-4,8H,13-14H2,1H3. The predicted molar refractivity (Wildman–Crippen MR) is 68.1 cm³/mol. The Balaban J connectivity index is 3.15. The van der Waals surface area contributed by atoms with E-state index in [-0.39, 0.29) is 14.8 Å². The molecule has 0 heterocycles. The quantitative estimate of drug-likeness (QED) is 0.368. The Kier molecular flexibility index (Phi) is 4.60. The Labute approximate surface area is 110 Å². The normalized spacial score (nSPS) is 10.5. The lowest BCUT2D eigenvalue weighted by Crippen LogP contribution is -2.48. The molecule has 2 amide bonds. The van der Waals surface area contributed by atoms with Crippen molar-refractivity contribution in [1.29, 1.82) is 0 Å². The lowest BCUT2D eigenvalue weighted by Gasteiger charge is -2.22. The highest BCUT2D eigenvalue weighted by molar-refractivity contribution is 14.1. The van der Waals surface area contributed by atoms with Gasteiger partial charge < -0.3 is 0 Å². The lowest BCUT2D eigenvalue weighted by atomic mass is 10.2. The molecule has 1 aromatic rings. The van der Waals surface area contributed by atoms with Gasteiger partial charge in [0, 0.05) is 16.2 Å². The van der Waals surface area contributed by atoms with E-state index in [9.17, 15) is 13.6 Å². The summed E-state index contributed by atoms with van der Waals surface area (Å²) in [7, 11) is 1.31. The average Bonchev–Trinajstić information content (AvgIpc) is 2.26. The highest BCUT2D eigenvalue weighted by Crippen LogP contribution is 2.30. The maximum atomic E-state index is 12.6. The zero-order chi connectivity index (χ0) is 13.2. The Morgan fingerprint density at radius 2 is 2.00 bits per heavy atom. The van der Waals surface area contributed by atoms with E-state index in [1.807, 2.05) is 0 Å². The van der Waals surface area contributed by atoms with Crippen LogP contribution in [0.3, 0.4) is 0 Å². The molecule has 0 atom stereocenters. The molecule has 0 bridgehead atoms. The van der Waals surface area contributed by atoms with Gasteiger partial charge in [-0.05, 0) is 28.7 Å². The molecule has 1 aromatic carbocycles. The number of rotatable bonds is 2. The van der Waals surface area contributed by atoms with Crippen LogP contribution in [0.15, 0.2) is 18.2 Å². The van der Waals surface area contributed by atoms with E-state index < -0.39 is 12.5 Å². The fourth-order valence-corrected chi connectivity index (χ4v) is 2.02. The molecule has 0 saturated heterocycles. The Hall–Kier alpha value is -1.00. The minimum atomic E-state index is -2.62. The van der Waals surface area contributed by atoms with Crippen molar-refractivity contribution in [2.24, 2.45) is 11.7 Å². The summed E-state index contributed by atoms with van der Waals surface area (Å²) in [5.74, 6) is 10.8. The highest BCUT2D eigenvalue weighted by atomic mass is 127. The van der Waals surface area contributed by atoms with Crippen LogP contribution in [-0.2, 0) is 0 Å². The first-order valence-corrected chi connectivity index (χ1v) is 5.58. The maximum Gasteiger partial charge on any atom is 0.352 e. The molecule has 5 nitrogen and oxygen atoms in total. The van der Waals surface area contributed by atoms with Crippen molar-refractivity contribution in [2.75, 3.05) is 12.1 Å². The first-order chi connectivity index (χ1) is 7.86. The van der Waals surface area contributed by atoms with Gasteiger partial charge in [0.15, 0.2) is 0 Å². The molecule has 0 aliphatic carbocycles. The van der Waals surface area contributed by atoms with E-state index >= 15 is 0 Å². The van der Waals surface area contributed by atoms with E-state index in [0.29, 0.717) is 0 Å². The van der Waals surface area contributed by atoms with Gasteiger partial charge in [-0.25, -0.2) is 30.3 Å². The topological polar surface area (TPSA) is 75.6 Å². The van der Waals surface area contributed by atoms with E-state index in [0.717, 1.165) is 10.0 Å². The number of hydrazine groups is 2. The monoisotopic (exact) mass is 356 g/mol. The molecule has 17 heavy (non-hydrogen) atoms. The number of carbonyl (C=O) groups excluding carboxylic acids is 1. The number of hydrogen-bond acceptors (Lipinski definition) is 3. The molecule has 0 aliphatic rings. The Morgan fingerprint density at radius 3 is 2.47 bits per heavy atom. The van der Waals surface area contributed by atoms with Crippen LogP contribution in [0.1, 0.15) is 12.0 Å². The molecule has 8 heteroatoms. The summed E-state index contributed by atoms with van der Waals surface area (Å²) < 4.78 is 25.5. The average molecular weight is 356 g/mol. The first-order valence-electron chi connectivity index (χ1n) is 4.50. The van der Waals surface area contributed by atoms with Crippen LogP contribution in [0.5, 0.6) is 0 Å². The van der Waals surface area contributed by atoms with Crippen molar-refractivity contribution in [3.63, 3.8) is 0 Å². The fourth-order valence-electron chi connectivity index (χ4n) is 1.16. The van der Waals surface area contributed by atoms with Gasteiger partial charge in [0.2, 0.25) is 0 Å². The third-order valence-electron chi connectivity index (χ3n) is 2.01. The van der Waals surface area contributed by atoms with Gasteiger partial charge in [-0.15, -0.1) is 0 Å². The minimum Gasteiger partial charge on any atom is -0.264 e.